The van der Waals surface area contributed by atoms with Gasteiger partial charge in [-0.15, -0.1) is 0 Å². The Morgan fingerprint density at radius 3 is 2.37 bits per heavy atom. The number of nitrogens with one attached hydrogen (secondary N) is 1. The Hall–Kier alpha value is -2.41. The normalized spacial score (nSPS) is 11.7. The summed E-state index contributed by atoms with van der Waals surface area (Å²) in [5, 5.41) is 12.1. The number of anilines is 1. The molecule has 0 radical (unpaired) electrons. The van der Waals surface area contributed by atoms with Gasteiger partial charge in [0, 0.05) is 11.8 Å². The van der Waals surface area contributed by atoms with E-state index in [4.69, 9.17) is 5.26 Å². The van der Waals surface area contributed by atoms with Gasteiger partial charge in [0.1, 0.15) is 17.7 Å². The lowest BCUT2D eigenvalue weighted by Gasteiger charge is -2.14. The molecule has 2 aromatic rings. The first kappa shape index (κ1) is 13.0. The van der Waals surface area contributed by atoms with Gasteiger partial charge in [0.15, 0.2) is 0 Å². The molecule has 0 heterocycles. The third-order valence-corrected chi connectivity index (χ3v) is 2.68. The van der Waals surface area contributed by atoms with Gasteiger partial charge in [-0.25, -0.2) is 8.78 Å². The molecular weight excluding hydrogens is 246 g/mol. The highest BCUT2D eigenvalue weighted by Crippen LogP contribution is 2.21. The van der Waals surface area contributed by atoms with Crippen molar-refractivity contribution in [1.82, 2.24) is 0 Å². The van der Waals surface area contributed by atoms with Gasteiger partial charge in [-0.1, -0.05) is 12.1 Å². The number of aryl methyl sites for hydroxylation is 1. The number of nitrogens with zero attached hydrogens (tertiary/aromatic N) is 1. The standard InChI is InChI=1S/C15H12F2N2/c1-10-3-2-4-14(5-10)19-15(9-18)11-6-12(16)8-13(17)7-11/h2-8,15,19H,1H3. The van der Waals surface area contributed by atoms with E-state index in [-0.39, 0.29) is 5.56 Å². The Labute approximate surface area is 110 Å². The first-order chi connectivity index (χ1) is 9.08. The zero-order valence-corrected chi connectivity index (χ0v) is 10.3. The molecule has 2 nitrogen and oxygen atoms in total. The van der Waals surface area contributed by atoms with E-state index >= 15 is 0 Å². The molecule has 0 bridgehead atoms. The van der Waals surface area contributed by atoms with Crippen LogP contribution < -0.4 is 5.32 Å². The van der Waals surface area contributed by atoms with Crippen molar-refractivity contribution in [3.63, 3.8) is 0 Å². The van der Waals surface area contributed by atoms with Crippen molar-refractivity contribution < 1.29 is 8.78 Å². The quantitative estimate of drug-likeness (QED) is 0.904. The van der Waals surface area contributed by atoms with E-state index in [1.54, 1.807) is 6.07 Å². The number of hydrogen-bond donors (Lipinski definition) is 1. The maximum Gasteiger partial charge on any atom is 0.140 e. The Morgan fingerprint density at radius 2 is 1.79 bits per heavy atom. The van der Waals surface area contributed by atoms with Crippen LogP contribution in [0.25, 0.3) is 0 Å². The Bertz CT molecular complexity index is 612. The lowest BCUT2D eigenvalue weighted by Crippen LogP contribution is -2.09. The number of halogens is 2. The van der Waals surface area contributed by atoms with Gasteiger partial charge in [-0.05, 0) is 42.3 Å². The lowest BCUT2D eigenvalue weighted by atomic mass is 10.1. The van der Waals surface area contributed by atoms with Gasteiger partial charge in [0.2, 0.25) is 0 Å². The van der Waals surface area contributed by atoms with Crippen LogP contribution in [0, 0.1) is 29.9 Å². The molecule has 0 spiro atoms. The third kappa shape index (κ3) is 3.29. The van der Waals surface area contributed by atoms with E-state index < -0.39 is 17.7 Å². The molecule has 96 valence electrons. The minimum atomic E-state index is -0.799. The highest BCUT2D eigenvalue weighted by molar-refractivity contribution is 5.49. The summed E-state index contributed by atoms with van der Waals surface area (Å²) in [6.07, 6.45) is 0. The fraction of sp³-hybridized carbons (Fsp3) is 0.133. The Kier molecular flexibility index (Phi) is 3.76. The Morgan fingerprint density at radius 1 is 1.11 bits per heavy atom. The van der Waals surface area contributed by atoms with Gasteiger partial charge in [-0.2, -0.15) is 5.26 Å². The second-order valence-corrected chi connectivity index (χ2v) is 4.28. The maximum atomic E-state index is 13.2. The van der Waals surface area contributed by atoms with Crippen LogP contribution in [-0.2, 0) is 0 Å². The minimum absolute atomic E-state index is 0.265. The zero-order chi connectivity index (χ0) is 13.8. The summed E-state index contributed by atoms with van der Waals surface area (Å²) in [5.41, 5.74) is 2.03. The molecule has 0 aliphatic heterocycles. The van der Waals surface area contributed by atoms with E-state index in [9.17, 15) is 8.78 Å². The third-order valence-electron chi connectivity index (χ3n) is 2.68. The molecule has 2 aromatic carbocycles. The smallest absolute Gasteiger partial charge is 0.140 e. The number of nitriles is 1. The SMILES string of the molecule is Cc1cccc(NC(C#N)c2cc(F)cc(F)c2)c1. The fourth-order valence-corrected chi connectivity index (χ4v) is 1.83. The molecule has 0 saturated heterocycles. The molecule has 0 aliphatic carbocycles. The summed E-state index contributed by atoms with van der Waals surface area (Å²) in [6, 6.07) is 11.7. The van der Waals surface area contributed by atoms with Crippen LogP contribution >= 0.6 is 0 Å². The number of hydrogen-bond acceptors (Lipinski definition) is 2. The molecule has 2 rings (SSSR count). The molecule has 0 aromatic heterocycles. The number of rotatable bonds is 3. The maximum absolute atomic E-state index is 13.2. The number of benzene rings is 2. The van der Waals surface area contributed by atoms with Gasteiger partial charge in [0.25, 0.3) is 0 Å². The first-order valence-corrected chi connectivity index (χ1v) is 5.77. The van der Waals surface area contributed by atoms with Crippen LogP contribution in [0.15, 0.2) is 42.5 Å². The molecule has 0 saturated carbocycles. The topological polar surface area (TPSA) is 35.8 Å². The van der Waals surface area contributed by atoms with Gasteiger partial charge in [-0.3, -0.25) is 0 Å². The average molecular weight is 258 g/mol. The van der Waals surface area contributed by atoms with Crippen LogP contribution in [0.5, 0.6) is 0 Å². The van der Waals surface area contributed by atoms with Crippen molar-refractivity contribution in [2.75, 3.05) is 5.32 Å². The van der Waals surface area contributed by atoms with Crippen LogP contribution in [0.2, 0.25) is 0 Å². The molecule has 1 atom stereocenters. The zero-order valence-electron chi connectivity index (χ0n) is 10.3. The summed E-state index contributed by atoms with van der Waals surface area (Å²) in [4.78, 5) is 0. The molecular formula is C15H12F2N2. The first-order valence-electron chi connectivity index (χ1n) is 5.77. The monoisotopic (exact) mass is 258 g/mol. The summed E-state index contributed by atoms with van der Waals surface area (Å²) >= 11 is 0. The van der Waals surface area contributed by atoms with Crippen LogP contribution in [0.3, 0.4) is 0 Å². The highest BCUT2D eigenvalue weighted by Gasteiger charge is 2.12. The molecule has 1 unspecified atom stereocenters. The van der Waals surface area contributed by atoms with Crippen molar-refractivity contribution in [3.8, 4) is 6.07 Å². The van der Waals surface area contributed by atoms with Gasteiger partial charge >= 0.3 is 0 Å². The van der Waals surface area contributed by atoms with Crippen LogP contribution in [-0.4, -0.2) is 0 Å². The van der Waals surface area contributed by atoms with E-state index in [2.05, 4.69) is 5.32 Å². The molecule has 1 N–H and O–H groups in total. The van der Waals surface area contributed by atoms with Gasteiger partial charge in [0.05, 0.1) is 6.07 Å². The van der Waals surface area contributed by atoms with Crippen molar-refractivity contribution in [1.29, 1.82) is 5.26 Å². The van der Waals surface area contributed by atoms with Crippen molar-refractivity contribution in [2.45, 2.75) is 13.0 Å². The summed E-state index contributed by atoms with van der Waals surface area (Å²) < 4.78 is 26.3. The second kappa shape index (κ2) is 5.49. The molecule has 4 heteroatoms. The summed E-state index contributed by atoms with van der Waals surface area (Å²) in [6.45, 7) is 1.93. The van der Waals surface area contributed by atoms with Crippen molar-refractivity contribution in [2.24, 2.45) is 0 Å². The molecule has 0 fully saturated rings. The molecule has 0 aliphatic rings. The fourth-order valence-electron chi connectivity index (χ4n) is 1.83. The summed E-state index contributed by atoms with van der Waals surface area (Å²) in [5.74, 6) is -1.39. The van der Waals surface area contributed by atoms with Gasteiger partial charge < -0.3 is 5.32 Å². The molecule has 19 heavy (non-hydrogen) atoms. The van der Waals surface area contributed by atoms with E-state index in [1.807, 2.05) is 31.2 Å². The second-order valence-electron chi connectivity index (χ2n) is 4.28. The largest absolute Gasteiger partial charge is 0.366 e. The minimum Gasteiger partial charge on any atom is -0.366 e. The van der Waals surface area contributed by atoms with Crippen molar-refractivity contribution >= 4 is 5.69 Å². The average Bonchev–Trinajstić information content (AvgIpc) is 2.34. The van der Waals surface area contributed by atoms with Crippen LogP contribution in [0.1, 0.15) is 17.2 Å². The van der Waals surface area contributed by atoms with E-state index in [1.165, 1.54) is 0 Å². The van der Waals surface area contributed by atoms with Crippen molar-refractivity contribution in [3.05, 3.63) is 65.2 Å². The highest BCUT2D eigenvalue weighted by atomic mass is 19.1. The lowest BCUT2D eigenvalue weighted by molar-refractivity contribution is 0.579. The van der Waals surface area contributed by atoms with E-state index in [0.29, 0.717) is 0 Å². The summed E-state index contributed by atoms with van der Waals surface area (Å²) in [7, 11) is 0. The van der Waals surface area contributed by atoms with E-state index in [0.717, 1.165) is 29.4 Å². The van der Waals surface area contributed by atoms with Crippen LogP contribution in [0.4, 0.5) is 14.5 Å². The predicted octanol–water partition coefficient (Wildman–Crippen LogP) is 3.95. The Balaban J connectivity index is 2.28. The predicted molar refractivity (Wildman–Crippen MR) is 69.5 cm³/mol. The molecule has 0 amide bonds.